The normalized spacial score (nSPS) is 12.3. The molecule has 0 fully saturated rings. The van der Waals surface area contributed by atoms with Gasteiger partial charge in [-0.05, 0) is 84.2 Å². The zero-order valence-corrected chi connectivity index (χ0v) is 23.3. The van der Waals surface area contributed by atoms with Crippen molar-refractivity contribution in [1.82, 2.24) is 4.98 Å². The molecule has 0 saturated carbocycles. The number of halogens is 1. The third-order valence-electron chi connectivity index (χ3n) is 7.73. The minimum atomic E-state index is -0.261. The van der Waals surface area contributed by atoms with Crippen LogP contribution >= 0.6 is 11.3 Å². The summed E-state index contributed by atoms with van der Waals surface area (Å²) in [5.74, 6) is -0.261. The molecule has 0 unspecified atom stereocenters. The van der Waals surface area contributed by atoms with Crippen LogP contribution in [-0.4, -0.2) is 4.98 Å². The Bertz CT molecular complexity index is 2010. The maximum atomic E-state index is 13.9. The zero-order chi connectivity index (χ0) is 28.0. The summed E-state index contributed by atoms with van der Waals surface area (Å²) >= 11 is 1.71. The van der Waals surface area contributed by atoms with Crippen LogP contribution < -0.4 is 9.80 Å². The van der Waals surface area contributed by atoms with Crippen LogP contribution in [-0.2, 0) is 0 Å². The third kappa shape index (κ3) is 3.98. The molecule has 42 heavy (non-hydrogen) atoms. The second kappa shape index (κ2) is 9.98. The molecule has 0 radical (unpaired) electrons. The molecule has 0 spiro atoms. The van der Waals surface area contributed by atoms with Crippen molar-refractivity contribution in [2.45, 2.75) is 0 Å². The molecule has 1 aliphatic rings. The predicted octanol–water partition coefficient (Wildman–Crippen LogP) is 11.0. The fourth-order valence-corrected chi connectivity index (χ4v) is 6.63. The highest BCUT2D eigenvalue weighted by atomic mass is 32.1. The van der Waals surface area contributed by atoms with Crippen LogP contribution in [0.2, 0.25) is 0 Å². The topological polar surface area (TPSA) is 19.4 Å². The molecule has 0 amide bonds. The number of hydrogen-bond donors (Lipinski definition) is 0. The predicted molar refractivity (Wildman–Crippen MR) is 173 cm³/mol. The van der Waals surface area contributed by atoms with Gasteiger partial charge in [0, 0.05) is 27.1 Å². The van der Waals surface area contributed by atoms with E-state index in [-0.39, 0.29) is 5.82 Å². The van der Waals surface area contributed by atoms with Crippen LogP contribution in [0.5, 0.6) is 0 Å². The Balaban J connectivity index is 1.42. The lowest BCUT2D eigenvalue weighted by Gasteiger charge is -2.40. The summed E-state index contributed by atoms with van der Waals surface area (Å²) in [6.07, 6.45) is 0. The average molecular weight is 562 g/mol. The van der Waals surface area contributed by atoms with E-state index in [0.29, 0.717) is 0 Å². The molecular weight excluding hydrogens is 537 g/mol. The first-order valence-electron chi connectivity index (χ1n) is 13.8. The molecule has 3 heterocycles. The van der Waals surface area contributed by atoms with Crippen LogP contribution in [0.3, 0.4) is 0 Å². The number of hydrogen-bond acceptors (Lipinski definition) is 4. The molecule has 1 aliphatic heterocycles. The van der Waals surface area contributed by atoms with Crippen LogP contribution in [0.25, 0.3) is 32.6 Å². The molecule has 3 nitrogen and oxygen atoms in total. The van der Waals surface area contributed by atoms with Crippen molar-refractivity contribution >= 4 is 56.4 Å². The summed E-state index contributed by atoms with van der Waals surface area (Å²) in [5.41, 5.74) is 10.1. The van der Waals surface area contributed by atoms with E-state index in [1.807, 2.05) is 6.07 Å². The molecule has 7 aromatic rings. The van der Waals surface area contributed by atoms with Crippen LogP contribution in [0, 0.1) is 5.82 Å². The van der Waals surface area contributed by atoms with Gasteiger partial charge in [0.05, 0.1) is 39.6 Å². The first-order valence-corrected chi connectivity index (χ1v) is 14.7. The Labute approximate surface area is 247 Å². The van der Waals surface area contributed by atoms with Crippen molar-refractivity contribution in [3.05, 3.63) is 151 Å². The van der Waals surface area contributed by atoms with Gasteiger partial charge < -0.3 is 9.80 Å². The number of nitrogens with zero attached hydrogens (tertiary/aromatic N) is 3. The van der Waals surface area contributed by atoms with Crippen molar-refractivity contribution in [1.29, 1.82) is 0 Å². The zero-order valence-electron chi connectivity index (χ0n) is 22.5. The van der Waals surface area contributed by atoms with Gasteiger partial charge in [-0.1, -0.05) is 60.7 Å². The maximum Gasteiger partial charge on any atom is 0.123 e. The number of fused-ring (bicyclic) bond motifs is 3. The smallest absolute Gasteiger partial charge is 0.123 e. The highest BCUT2D eigenvalue weighted by Gasteiger charge is 2.31. The first-order chi connectivity index (χ1) is 20.8. The highest BCUT2D eigenvalue weighted by molar-refractivity contribution is 7.13. The van der Waals surface area contributed by atoms with Crippen LogP contribution in [0.15, 0.2) is 145 Å². The summed E-state index contributed by atoms with van der Waals surface area (Å²) in [6, 6.07) is 46.8. The number of para-hydroxylation sites is 6. The van der Waals surface area contributed by atoms with Crippen LogP contribution in [0.1, 0.15) is 0 Å². The molecule has 0 aliphatic carbocycles. The van der Waals surface area contributed by atoms with E-state index in [2.05, 4.69) is 124 Å². The van der Waals surface area contributed by atoms with Crippen molar-refractivity contribution in [3.8, 4) is 21.7 Å². The number of rotatable bonds is 4. The van der Waals surface area contributed by atoms with E-state index >= 15 is 0 Å². The van der Waals surface area contributed by atoms with Gasteiger partial charge in [-0.15, -0.1) is 11.3 Å². The monoisotopic (exact) mass is 561 g/mol. The lowest BCUT2D eigenvalue weighted by atomic mass is 10.00. The molecule has 8 rings (SSSR count). The Hall–Kier alpha value is -5.26. The Morgan fingerprint density at radius 2 is 1.17 bits per heavy atom. The fourth-order valence-electron chi connectivity index (χ4n) is 5.88. The van der Waals surface area contributed by atoms with Gasteiger partial charge in [-0.25, -0.2) is 9.37 Å². The molecule has 0 atom stereocenters. The molecule has 5 aromatic carbocycles. The molecular formula is C37H24FN3S. The highest BCUT2D eigenvalue weighted by Crippen LogP contribution is 2.55. The first kappa shape index (κ1) is 24.5. The van der Waals surface area contributed by atoms with E-state index in [4.69, 9.17) is 4.98 Å². The summed E-state index contributed by atoms with van der Waals surface area (Å²) in [4.78, 5) is 11.1. The maximum absolute atomic E-state index is 13.9. The molecule has 0 N–H and O–H groups in total. The van der Waals surface area contributed by atoms with Gasteiger partial charge in [-0.3, -0.25) is 0 Å². The van der Waals surface area contributed by atoms with E-state index in [0.717, 1.165) is 66.7 Å². The Morgan fingerprint density at radius 1 is 0.548 bits per heavy atom. The van der Waals surface area contributed by atoms with Crippen molar-refractivity contribution in [2.24, 2.45) is 0 Å². The lowest BCUT2D eigenvalue weighted by Crippen LogP contribution is -2.24. The molecule has 2 aromatic heterocycles. The third-order valence-corrected chi connectivity index (χ3v) is 8.63. The Kier molecular flexibility index (Phi) is 5.83. The molecule has 200 valence electrons. The van der Waals surface area contributed by atoms with Crippen molar-refractivity contribution < 1.29 is 4.39 Å². The lowest BCUT2D eigenvalue weighted by molar-refractivity contribution is 0.628. The van der Waals surface area contributed by atoms with Gasteiger partial charge in [0.15, 0.2) is 0 Å². The van der Waals surface area contributed by atoms with Gasteiger partial charge >= 0.3 is 0 Å². The van der Waals surface area contributed by atoms with E-state index in [9.17, 15) is 4.39 Å². The van der Waals surface area contributed by atoms with Gasteiger partial charge in [-0.2, -0.15) is 0 Å². The number of pyridine rings is 1. The van der Waals surface area contributed by atoms with E-state index in [1.165, 1.54) is 12.1 Å². The number of thiophene rings is 1. The number of anilines is 6. The summed E-state index contributed by atoms with van der Waals surface area (Å²) in [7, 11) is 0. The van der Waals surface area contributed by atoms with Gasteiger partial charge in [0.1, 0.15) is 5.82 Å². The summed E-state index contributed by atoms with van der Waals surface area (Å²) < 4.78 is 13.9. The van der Waals surface area contributed by atoms with Gasteiger partial charge in [0.2, 0.25) is 0 Å². The minimum Gasteiger partial charge on any atom is -0.306 e. The second-order valence-electron chi connectivity index (χ2n) is 10.2. The summed E-state index contributed by atoms with van der Waals surface area (Å²) in [5, 5.41) is 3.17. The molecule has 0 bridgehead atoms. The van der Waals surface area contributed by atoms with Crippen molar-refractivity contribution in [3.63, 3.8) is 0 Å². The standard InChI is InChI=1S/C37H24FN3S/c38-26-21-19-25(20-22-26)30-24-29(36-18-9-23-42-36)28-12-8-17-35(37(28)39-30)41-33-15-6-4-13-31(33)40(27-10-2-1-3-11-27)32-14-5-7-16-34(32)41/h1-24H. The molecule has 0 saturated heterocycles. The number of benzene rings is 5. The van der Waals surface area contributed by atoms with Crippen LogP contribution in [0.4, 0.5) is 38.5 Å². The average Bonchev–Trinajstić information content (AvgIpc) is 3.59. The van der Waals surface area contributed by atoms with E-state index < -0.39 is 0 Å². The largest absolute Gasteiger partial charge is 0.306 e. The number of aromatic nitrogens is 1. The minimum absolute atomic E-state index is 0.261. The second-order valence-corrected chi connectivity index (χ2v) is 11.1. The molecule has 5 heteroatoms. The fraction of sp³-hybridized carbons (Fsp3) is 0. The Morgan fingerprint density at radius 3 is 1.81 bits per heavy atom. The quantitative estimate of drug-likeness (QED) is 0.213. The van der Waals surface area contributed by atoms with Crippen molar-refractivity contribution in [2.75, 3.05) is 9.80 Å². The van der Waals surface area contributed by atoms with Gasteiger partial charge in [0.25, 0.3) is 0 Å². The SMILES string of the molecule is Fc1ccc(-c2cc(-c3cccs3)c3cccc(N4c5ccccc5N(c5ccccc5)c5ccccc54)c3n2)cc1. The van der Waals surface area contributed by atoms with E-state index in [1.54, 1.807) is 23.5 Å². The summed E-state index contributed by atoms with van der Waals surface area (Å²) in [6.45, 7) is 0.